The van der Waals surface area contributed by atoms with Gasteiger partial charge in [-0.25, -0.2) is 9.59 Å². The van der Waals surface area contributed by atoms with Crippen LogP contribution in [0.5, 0.6) is 0 Å². The normalized spacial score (nSPS) is 13.3. The van der Waals surface area contributed by atoms with E-state index in [1.54, 1.807) is 29.2 Å². The van der Waals surface area contributed by atoms with Crippen molar-refractivity contribution in [2.75, 3.05) is 6.54 Å². The van der Waals surface area contributed by atoms with Gasteiger partial charge < -0.3 is 15.3 Å². The zero-order valence-corrected chi connectivity index (χ0v) is 12.2. The van der Waals surface area contributed by atoms with E-state index in [0.717, 1.165) is 6.42 Å². The standard InChI is InChI=1S/C15H22N2O3/c1-4-11(3)17(5-2)15(20)16-13(14(18)19)12-9-7-6-8-10-12/h6-11,13H,4-5H2,1-3H3,(H,16,20)(H,18,19). The van der Waals surface area contributed by atoms with Crippen molar-refractivity contribution < 1.29 is 14.7 Å². The lowest BCUT2D eigenvalue weighted by Crippen LogP contribution is -2.47. The third kappa shape index (κ3) is 3.98. The second-order valence-electron chi connectivity index (χ2n) is 4.67. The smallest absolute Gasteiger partial charge is 0.330 e. The number of benzene rings is 1. The number of amides is 2. The highest BCUT2D eigenvalue weighted by Gasteiger charge is 2.25. The molecule has 0 heterocycles. The van der Waals surface area contributed by atoms with Gasteiger partial charge in [-0.1, -0.05) is 37.3 Å². The highest BCUT2D eigenvalue weighted by atomic mass is 16.4. The average Bonchev–Trinajstić information content (AvgIpc) is 2.45. The first kappa shape index (κ1) is 16.0. The largest absolute Gasteiger partial charge is 0.479 e. The summed E-state index contributed by atoms with van der Waals surface area (Å²) >= 11 is 0. The van der Waals surface area contributed by atoms with E-state index in [0.29, 0.717) is 12.1 Å². The monoisotopic (exact) mass is 278 g/mol. The van der Waals surface area contributed by atoms with Crippen LogP contribution in [0.25, 0.3) is 0 Å². The summed E-state index contributed by atoms with van der Waals surface area (Å²) in [7, 11) is 0. The van der Waals surface area contributed by atoms with Crippen LogP contribution in [0.1, 0.15) is 38.8 Å². The molecule has 0 aliphatic heterocycles. The molecule has 1 aromatic carbocycles. The van der Waals surface area contributed by atoms with Gasteiger partial charge in [0.1, 0.15) is 0 Å². The van der Waals surface area contributed by atoms with E-state index in [1.165, 1.54) is 0 Å². The van der Waals surface area contributed by atoms with Crippen LogP contribution in [0.4, 0.5) is 4.79 Å². The Bertz CT molecular complexity index is 448. The molecular weight excluding hydrogens is 256 g/mol. The van der Waals surface area contributed by atoms with Crippen molar-refractivity contribution in [1.29, 1.82) is 0 Å². The Labute approximate surface area is 119 Å². The number of rotatable bonds is 6. The van der Waals surface area contributed by atoms with Crippen LogP contribution < -0.4 is 5.32 Å². The van der Waals surface area contributed by atoms with Gasteiger partial charge in [-0.05, 0) is 25.8 Å². The van der Waals surface area contributed by atoms with Gasteiger partial charge in [0.15, 0.2) is 6.04 Å². The molecule has 2 unspecified atom stereocenters. The summed E-state index contributed by atoms with van der Waals surface area (Å²) in [5, 5.41) is 11.9. The molecule has 0 fully saturated rings. The zero-order valence-electron chi connectivity index (χ0n) is 12.2. The van der Waals surface area contributed by atoms with Crippen LogP contribution in [-0.2, 0) is 4.79 Å². The van der Waals surface area contributed by atoms with Crippen LogP contribution in [0.3, 0.4) is 0 Å². The lowest BCUT2D eigenvalue weighted by atomic mass is 10.1. The number of carbonyl (C=O) groups is 2. The van der Waals surface area contributed by atoms with Crippen LogP contribution in [-0.4, -0.2) is 34.6 Å². The molecule has 0 spiro atoms. The lowest BCUT2D eigenvalue weighted by Gasteiger charge is -2.29. The van der Waals surface area contributed by atoms with E-state index in [9.17, 15) is 14.7 Å². The quantitative estimate of drug-likeness (QED) is 0.840. The Morgan fingerprint density at radius 2 is 1.85 bits per heavy atom. The fourth-order valence-electron chi connectivity index (χ4n) is 2.02. The summed E-state index contributed by atoms with van der Waals surface area (Å²) < 4.78 is 0. The summed E-state index contributed by atoms with van der Waals surface area (Å²) in [4.78, 5) is 25.2. The molecule has 2 N–H and O–H groups in total. The molecule has 2 atom stereocenters. The predicted octanol–water partition coefficient (Wildman–Crippen LogP) is 2.64. The molecule has 0 saturated carbocycles. The molecule has 0 saturated heterocycles. The van der Waals surface area contributed by atoms with Gasteiger partial charge in [-0.15, -0.1) is 0 Å². The third-order valence-corrected chi connectivity index (χ3v) is 3.37. The van der Waals surface area contributed by atoms with Crippen molar-refractivity contribution in [1.82, 2.24) is 10.2 Å². The number of urea groups is 1. The molecule has 0 aliphatic rings. The maximum absolute atomic E-state index is 12.2. The third-order valence-electron chi connectivity index (χ3n) is 3.37. The molecule has 0 aromatic heterocycles. The SMILES string of the molecule is CCC(C)N(CC)C(=O)NC(C(=O)O)c1ccccc1. The molecule has 1 aromatic rings. The minimum absolute atomic E-state index is 0.0743. The molecular formula is C15H22N2O3. The zero-order chi connectivity index (χ0) is 15.1. The topological polar surface area (TPSA) is 69.6 Å². The first-order valence-corrected chi connectivity index (χ1v) is 6.86. The van der Waals surface area contributed by atoms with Crippen LogP contribution in [0.15, 0.2) is 30.3 Å². The summed E-state index contributed by atoms with van der Waals surface area (Å²) in [5.41, 5.74) is 0.563. The first-order valence-electron chi connectivity index (χ1n) is 6.86. The highest BCUT2D eigenvalue weighted by Crippen LogP contribution is 2.14. The summed E-state index contributed by atoms with van der Waals surface area (Å²) in [6.07, 6.45) is 0.824. The number of aliphatic carboxylic acids is 1. The molecule has 5 nitrogen and oxygen atoms in total. The van der Waals surface area contributed by atoms with Gasteiger partial charge >= 0.3 is 12.0 Å². The summed E-state index contributed by atoms with van der Waals surface area (Å²) in [6.45, 7) is 6.36. The van der Waals surface area contributed by atoms with Gasteiger partial charge in [-0.2, -0.15) is 0 Å². The van der Waals surface area contributed by atoms with Crippen molar-refractivity contribution in [3.63, 3.8) is 0 Å². The Balaban J connectivity index is 2.86. The Kier molecular flexibility index (Phi) is 6.03. The van der Waals surface area contributed by atoms with Gasteiger partial charge in [0.2, 0.25) is 0 Å². The molecule has 1 rings (SSSR count). The number of carboxylic acid groups (broad SMARTS) is 1. The second kappa shape index (κ2) is 7.53. The highest BCUT2D eigenvalue weighted by molar-refractivity contribution is 5.83. The first-order chi connectivity index (χ1) is 9.51. The molecule has 0 bridgehead atoms. The molecule has 0 aliphatic carbocycles. The number of nitrogens with one attached hydrogen (secondary N) is 1. The molecule has 110 valence electrons. The van der Waals surface area contributed by atoms with Crippen LogP contribution >= 0.6 is 0 Å². The number of carbonyl (C=O) groups excluding carboxylic acids is 1. The van der Waals surface area contributed by atoms with Gasteiger partial charge in [0.05, 0.1) is 0 Å². The maximum atomic E-state index is 12.2. The maximum Gasteiger partial charge on any atom is 0.330 e. The number of carboxylic acids is 1. The van der Waals surface area contributed by atoms with Gasteiger partial charge in [0, 0.05) is 12.6 Å². The van der Waals surface area contributed by atoms with E-state index in [2.05, 4.69) is 5.32 Å². The van der Waals surface area contributed by atoms with E-state index < -0.39 is 12.0 Å². The van der Waals surface area contributed by atoms with Crippen molar-refractivity contribution in [3.05, 3.63) is 35.9 Å². The molecule has 20 heavy (non-hydrogen) atoms. The van der Waals surface area contributed by atoms with E-state index in [4.69, 9.17) is 0 Å². The Hall–Kier alpha value is -2.04. The number of hydrogen-bond donors (Lipinski definition) is 2. The minimum atomic E-state index is -1.07. The van der Waals surface area contributed by atoms with Crippen molar-refractivity contribution >= 4 is 12.0 Å². The summed E-state index contributed by atoms with van der Waals surface area (Å²) in [6, 6.07) is 7.40. The number of nitrogens with zero attached hydrogens (tertiary/aromatic N) is 1. The van der Waals surface area contributed by atoms with Crippen molar-refractivity contribution in [3.8, 4) is 0 Å². The lowest BCUT2D eigenvalue weighted by molar-refractivity contribution is -0.139. The Morgan fingerprint density at radius 3 is 2.30 bits per heavy atom. The van der Waals surface area contributed by atoms with Crippen molar-refractivity contribution in [2.45, 2.75) is 39.3 Å². The van der Waals surface area contributed by atoms with Crippen LogP contribution in [0.2, 0.25) is 0 Å². The average molecular weight is 278 g/mol. The van der Waals surface area contributed by atoms with Gasteiger partial charge in [-0.3, -0.25) is 0 Å². The van der Waals surface area contributed by atoms with Crippen molar-refractivity contribution in [2.24, 2.45) is 0 Å². The number of hydrogen-bond acceptors (Lipinski definition) is 2. The van der Waals surface area contributed by atoms with E-state index >= 15 is 0 Å². The fourth-order valence-corrected chi connectivity index (χ4v) is 2.02. The van der Waals surface area contributed by atoms with Gasteiger partial charge in [0.25, 0.3) is 0 Å². The predicted molar refractivity (Wildman–Crippen MR) is 77.5 cm³/mol. The molecule has 5 heteroatoms. The fraction of sp³-hybridized carbons (Fsp3) is 0.467. The summed E-state index contributed by atoms with van der Waals surface area (Å²) in [5.74, 6) is -1.07. The molecule has 0 radical (unpaired) electrons. The molecule has 2 amide bonds. The van der Waals surface area contributed by atoms with E-state index in [-0.39, 0.29) is 12.1 Å². The Morgan fingerprint density at radius 1 is 1.25 bits per heavy atom. The minimum Gasteiger partial charge on any atom is -0.479 e. The second-order valence-corrected chi connectivity index (χ2v) is 4.67. The van der Waals surface area contributed by atoms with Crippen LogP contribution in [0, 0.1) is 0 Å². The van der Waals surface area contributed by atoms with E-state index in [1.807, 2.05) is 26.8 Å².